The van der Waals surface area contributed by atoms with E-state index in [-0.39, 0.29) is 0 Å². The Morgan fingerprint density at radius 2 is 1.35 bits per heavy atom. The van der Waals surface area contributed by atoms with Crippen molar-refractivity contribution < 1.29 is 29.4 Å². The van der Waals surface area contributed by atoms with Gasteiger partial charge in [0.2, 0.25) is 14.8 Å². The second-order valence-electron chi connectivity index (χ2n) is 3.48. The zero-order valence-corrected chi connectivity index (χ0v) is 10.6. The molecule has 0 fully saturated rings. The van der Waals surface area contributed by atoms with Gasteiger partial charge in [-0.2, -0.15) is 0 Å². The Morgan fingerprint density at radius 1 is 0.913 bits per heavy atom. The number of nitro groups is 5. The molecule has 0 unspecified atom stereocenters. The van der Waals surface area contributed by atoms with Gasteiger partial charge in [-0.25, -0.2) is 30.3 Å². The zero-order chi connectivity index (χ0) is 18.1. The van der Waals surface area contributed by atoms with Gasteiger partial charge in [-0.3, -0.25) is 0 Å². The van der Waals surface area contributed by atoms with E-state index < -0.39 is 52.6 Å². The number of nitrogens with zero attached hydrogens (tertiary/aromatic N) is 7. The minimum absolute atomic E-state index is 0.660. The Labute approximate surface area is 121 Å². The first-order valence-electron chi connectivity index (χ1n) is 4.93. The van der Waals surface area contributed by atoms with Crippen molar-refractivity contribution >= 4 is 11.6 Å². The Balaban J connectivity index is 4.06. The second-order valence-corrected chi connectivity index (χ2v) is 3.48. The minimum Gasteiger partial charge on any atom is -0.483 e. The van der Waals surface area contributed by atoms with Crippen LogP contribution in [0.25, 0.3) is 0 Å². The van der Waals surface area contributed by atoms with E-state index in [0.717, 1.165) is 0 Å². The van der Waals surface area contributed by atoms with Crippen LogP contribution in [0.2, 0.25) is 0 Å². The van der Waals surface area contributed by atoms with E-state index in [1.165, 1.54) is 0 Å². The quantitative estimate of drug-likeness (QED) is 0.334. The van der Waals surface area contributed by atoms with Crippen LogP contribution in [0.4, 0.5) is 11.6 Å². The molecule has 0 aliphatic heterocycles. The van der Waals surface area contributed by atoms with Crippen LogP contribution in [-0.2, 0) is 5.91 Å². The van der Waals surface area contributed by atoms with E-state index in [2.05, 4.69) is 9.84 Å². The molecule has 0 aliphatic carbocycles. The van der Waals surface area contributed by atoms with Crippen molar-refractivity contribution in [2.45, 2.75) is 5.91 Å². The number of hydrogen-bond acceptors (Lipinski definition) is 12. The van der Waals surface area contributed by atoms with E-state index in [9.17, 15) is 50.6 Å². The maximum Gasteiger partial charge on any atom is 0.898 e. The van der Waals surface area contributed by atoms with Crippen LogP contribution >= 0.6 is 0 Å². The summed E-state index contributed by atoms with van der Waals surface area (Å²) in [4.78, 5) is 45.0. The summed E-state index contributed by atoms with van der Waals surface area (Å²) in [7, 11) is 0.660. The second kappa shape index (κ2) is 5.42. The third kappa shape index (κ3) is 2.18. The van der Waals surface area contributed by atoms with Crippen molar-refractivity contribution in [1.82, 2.24) is 9.78 Å². The number of ether oxygens (including phenoxy) is 1. The van der Waals surface area contributed by atoms with E-state index >= 15 is 0 Å². The summed E-state index contributed by atoms with van der Waals surface area (Å²) in [5, 5.41) is 57.0. The largest absolute Gasteiger partial charge is 0.898 e. The van der Waals surface area contributed by atoms with Crippen LogP contribution in [0.15, 0.2) is 0 Å². The van der Waals surface area contributed by atoms with Gasteiger partial charge in [-0.15, -0.1) is 0 Å². The van der Waals surface area contributed by atoms with Crippen LogP contribution in [-0.4, -0.2) is 41.5 Å². The van der Waals surface area contributed by atoms with Crippen molar-refractivity contribution in [1.29, 1.82) is 0 Å². The first-order valence-corrected chi connectivity index (χ1v) is 4.93. The van der Waals surface area contributed by atoms with E-state index in [4.69, 9.17) is 0 Å². The first kappa shape index (κ1) is 17.1. The lowest BCUT2D eigenvalue weighted by Gasteiger charge is -2.02. The topological polar surface area (TPSA) is 243 Å². The Kier molecular flexibility index (Phi) is 4.02. The molecule has 0 aliphatic rings. The molecule has 0 saturated heterocycles. The van der Waals surface area contributed by atoms with Crippen LogP contribution in [0, 0.1) is 50.6 Å². The number of hydrogen-bond donors (Lipinski definition) is 0. The fourth-order valence-electron chi connectivity index (χ4n) is 1.49. The molecule has 1 heterocycles. The Morgan fingerprint density at radius 3 is 1.61 bits per heavy atom. The zero-order valence-electron chi connectivity index (χ0n) is 10.6. The van der Waals surface area contributed by atoms with Gasteiger partial charge in [-0.05, 0) is 9.85 Å². The summed E-state index contributed by atoms with van der Waals surface area (Å²) in [5.74, 6) is -9.27. The van der Waals surface area contributed by atoms with Gasteiger partial charge in [0, 0.05) is 0 Å². The van der Waals surface area contributed by atoms with Crippen LogP contribution < -0.4 is 4.74 Å². The SMILES string of the molecule is COc1c([N+](=O)[O-])nn(C([N+](=O)[O-])([N+](=O)[O-])[N+](=O)[O-])c1[N+](=O)[O-]. The van der Waals surface area contributed by atoms with Gasteiger partial charge in [-0.1, -0.05) is 0 Å². The molecule has 0 atom stereocenters. The third-order valence-electron chi connectivity index (χ3n) is 2.37. The molecule has 1 rings (SSSR count). The molecule has 1 aromatic heterocycles. The van der Waals surface area contributed by atoms with Crippen molar-refractivity contribution in [3.05, 3.63) is 50.6 Å². The van der Waals surface area contributed by atoms with Gasteiger partial charge < -0.3 is 25.0 Å². The smallest absolute Gasteiger partial charge is 0.483 e. The molecule has 0 spiro atoms. The highest BCUT2D eigenvalue weighted by molar-refractivity contribution is 5.53. The monoisotopic (exact) mass is 337 g/mol. The molecule has 0 bridgehead atoms. The predicted octanol–water partition coefficient (Wildman–Crippen LogP) is -0.894. The highest BCUT2D eigenvalue weighted by atomic mass is 16.7. The van der Waals surface area contributed by atoms with Gasteiger partial charge in [0.15, 0.2) is 9.78 Å². The molecule has 124 valence electrons. The summed E-state index contributed by atoms with van der Waals surface area (Å²) in [5.41, 5.74) is 0. The summed E-state index contributed by atoms with van der Waals surface area (Å²) in [6.45, 7) is 0. The molecular weight excluding hydrogens is 334 g/mol. The standard InChI is InChI=1S/C5H3N7O11/c1-23-2-3(8(13)14)6-7(4(2)9(15)16)5(10(17)18,11(19)20)12(21)22/h1H3. The lowest BCUT2D eigenvalue weighted by molar-refractivity contribution is -1.01. The molecule has 0 N–H and O–H groups in total. The van der Waals surface area contributed by atoms with Crippen molar-refractivity contribution in [2.75, 3.05) is 7.11 Å². The molecule has 1 aromatic rings. The summed E-state index contributed by atoms with van der Waals surface area (Å²) in [6, 6.07) is 0. The van der Waals surface area contributed by atoms with E-state index in [1.54, 1.807) is 0 Å². The summed E-state index contributed by atoms with van der Waals surface area (Å²) < 4.78 is 3.38. The average molecular weight is 337 g/mol. The van der Waals surface area contributed by atoms with Gasteiger partial charge in [0.05, 0.1) is 7.11 Å². The first-order chi connectivity index (χ1) is 10.5. The molecule has 18 heteroatoms. The fraction of sp³-hybridized carbons (Fsp3) is 0.400. The summed E-state index contributed by atoms with van der Waals surface area (Å²) >= 11 is 0. The minimum atomic E-state index is -4.59. The van der Waals surface area contributed by atoms with Crippen molar-refractivity contribution in [3.8, 4) is 5.75 Å². The van der Waals surface area contributed by atoms with Crippen LogP contribution in [0.3, 0.4) is 0 Å². The summed E-state index contributed by atoms with van der Waals surface area (Å²) in [6.07, 6.45) is 0. The number of methoxy groups -OCH3 is 1. The van der Waals surface area contributed by atoms with Crippen LogP contribution in [0.1, 0.15) is 0 Å². The van der Waals surface area contributed by atoms with Gasteiger partial charge in [0.25, 0.3) is 0 Å². The normalized spacial score (nSPS) is 10.8. The number of rotatable bonds is 7. The fourth-order valence-corrected chi connectivity index (χ4v) is 1.49. The third-order valence-corrected chi connectivity index (χ3v) is 2.37. The van der Waals surface area contributed by atoms with Gasteiger partial charge in [0.1, 0.15) is 0 Å². The van der Waals surface area contributed by atoms with E-state index in [1.807, 2.05) is 0 Å². The molecule has 0 amide bonds. The van der Waals surface area contributed by atoms with Gasteiger partial charge >= 0.3 is 23.3 Å². The molecule has 0 saturated carbocycles. The van der Waals surface area contributed by atoms with Crippen molar-refractivity contribution in [3.63, 3.8) is 0 Å². The molecular formula is C5H3N7O11. The predicted molar refractivity (Wildman–Crippen MR) is 61.0 cm³/mol. The Hall–Kier alpha value is -3.99. The van der Waals surface area contributed by atoms with Crippen LogP contribution in [0.5, 0.6) is 5.75 Å². The maximum absolute atomic E-state index is 10.9. The van der Waals surface area contributed by atoms with Crippen molar-refractivity contribution in [2.24, 2.45) is 0 Å². The lowest BCUT2D eigenvalue weighted by atomic mass is 10.5. The molecule has 0 radical (unpaired) electrons. The highest BCUT2D eigenvalue weighted by Crippen LogP contribution is 2.39. The Bertz CT molecular complexity index is 699. The van der Waals surface area contributed by atoms with E-state index in [0.29, 0.717) is 7.11 Å². The molecule has 18 nitrogen and oxygen atoms in total. The molecule has 23 heavy (non-hydrogen) atoms. The highest BCUT2D eigenvalue weighted by Gasteiger charge is 2.85. The average Bonchev–Trinajstić information content (AvgIpc) is 2.77. The lowest BCUT2D eigenvalue weighted by Crippen LogP contribution is -2.55. The molecule has 0 aromatic carbocycles. The number of aromatic nitrogens is 2. The maximum atomic E-state index is 10.9.